The van der Waals surface area contributed by atoms with Crippen molar-refractivity contribution in [2.75, 3.05) is 20.3 Å². The second-order valence-corrected chi connectivity index (χ2v) is 6.53. The zero-order valence-electron chi connectivity index (χ0n) is 14.8. The van der Waals surface area contributed by atoms with Crippen molar-refractivity contribution < 1.29 is 14.3 Å². The molecule has 2 aromatic rings. The number of amides is 1. The summed E-state index contributed by atoms with van der Waals surface area (Å²) >= 11 is 0. The number of hydrogen-bond acceptors (Lipinski definition) is 3. The highest BCUT2D eigenvalue weighted by Gasteiger charge is 2.42. The van der Waals surface area contributed by atoms with Crippen LogP contribution in [0.1, 0.15) is 36.9 Å². The van der Waals surface area contributed by atoms with E-state index in [1.165, 1.54) is 0 Å². The van der Waals surface area contributed by atoms with E-state index in [9.17, 15) is 4.79 Å². The fraction of sp³-hybridized carbons (Fsp3) is 0.381. The van der Waals surface area contributed by atoms with Crippen LogP contribution in [-0.2, 0) is 14.9 Å². The maximum Gasteiger partial charge on any atom is 0.231 e. The number of carbonyl (C=O) groups excluding carboxylic acids is 1. The van der Waals surface area contributed by atoms with Crippen molar-refractivity contribution in [1.29, 1.82) is 0 Å². The van der Waals surface area contributed by atoms with E-state index >= 15 is 0 Å². The number of benzene rings is 2. The van der Waals surface area contributed by atoms with Gasteiger partial charge in [-0.1, -0.05) is 42.5 Å². The molecule has 0 radical (unpaired) electrons. The van der Waals surface area contributed by atoms with Crippen LogP contribution in [0.5, 0.6) is 5.75 Å². The highest BCUT2D eigenvalue weighted by atomic mass is 16.5. The lowest BCUT2D eigenvalue weighted by Gasteiger charge is -2.37. The Kier molecular flexibility index (Phi) is 5.39. The third kappa shape index (κ3) is 3.69. The molecule has 0 bridgehead atoms. The van der Waals surface area contributed by atoms with Crippen molar-refractivity contribution in [1.82, 2.24) is 5.32 Å². The first-order valence-corrected chi connectivity index (χ1v) is 8.74. The summed E-state index contributed by atoms with van der Waals surface area (Å²) in [7, 11) is 1.65. The smallest absolute Gasteiger partial charge is 0.231 e. The minimum absolute atomic E-state index is 0.0677. The number of ether oxygens (including phenoxy) is 2. The van der Waals surface area contributed by atoms with Crippen molar-refractivity contribution in [2.24, 2.45) is 0 Å². The first-order chi connectivity index (χ1) is 12.2. The molecule has 0 unspecified atom stereocenters. The van der Waals surface area contributed by atoms with Gasteiger partial charge in [-0.2, -0.15) is 0 Å². The van der Waals surface area contributed by atoms with Gasteiger partial charge in [0.2, 0.25) is 5.91 Å². The fourth-order valence-corrected chi connectivity index (χ4v) is 3.43. The molecule has 0 aliphatic carbocycles. The Morgan fingerprint density at radius 2 is 1.72 bits per heavy atom. The molecule has 0 aromatic heterocycles. The molecule has 0 spiro atoms. The molecule has 25 heavy (non-hydrogen) atoms. The van der Waals surface area contributed by atoms with Crippen LogP contribution in [0.2, 0.25) is 0 Å². The van der Waals surface area contributed by atoms with Crippen LogP contribution in [0.4, 0.5) is 0 Å². The Morgan fingerprint density at radius 3 is 2.32 bits per heavy atom. The molecule has 1 fully saturated rings. The Balaban J connectivity index is 1.80. The van der Waals surface area contributed by atoms with Crippen molar-refractivity contribution >= 4 is 5.91 Å². The van der Waals surface area contributed by atoms with E-state index in [2.05, 4.69) is 5.32 Å². The molecular weight excluding hydrogens is 314 g/mol. The van der Waals surface area contributed by atoms with Crippen molar-refractivity contribution in [3.8, 4) is 5.75 Å². The first-order valence-electron chi connectivity index (χ1n) is 8.74. The number of nitrogens with one attached hydrogen (secondary N) is 1. The summed E-state index contributed by atoms with van der Waals surface area (Å²) in [6, 6.07) is 17.8. The molecule has 4 heteroatoms. The third-order valence-electron chi connectivity index (χ3n) is 5.07. The summed E-state index contributed by atoms with van der Waals surface area (Å²) in [5.41, 5.74) is 1.61. The van der Waals surface area contributed by atoms with Gasteiger partial charge in [-0.25, -0.2) is 0 Å². The summed E-state index contributed by atoms with van der Waals surface area (Å²) in [6.07, 6.45) is 1.41. The summed E-state index contributed by atoms with van der Waals surface area (Å²) in [5, 5.41) is 3.21. The standard InChI is InChI=1S/C21H25NO3/c1-16(17-8-10-19(24-2)11-9-17)22-20(23)21(12-14-25-15-13-21)18-6-4-3-5-7-18/h3-11,16H,12-15H2,1-2H3,(H,22,23)/t16-/m0/s1. The van der Waals surface area contributed by atoms with Crippen LogP contribution < -0.4 is 10.1 Å². The predicted octanol–water partition coefficient (Wildman–Crippen LogP) is 3.62. The number of hydrogen-bond donors (Lipinski definition) is 1. The van der Waals surface area contributed by atoms with Crippen LogP contribution >= 0.6 is 0 Å². The molecule has 0 saturated carbocycles. The van der Waals surface area contributed by atoms with E-state index < -0.39 is 5.41 Å². The van der Waals surface area contributed by atoms with Crippen LogP contribution in [0.25, 0.3) is 0 Å². The molecule has 1 aliphatic rings. The van der Waals surface area contributed by atoms with Gasteiger partial charge in [0, 0.05) is 13.2 Å². The van der Waals surface area contributed by atoms with Gasteiger partial charge in [-0.3, -0.25) is 4.79 Å². The summed E-state index contributed by atoms with van der Waals surface area (Å²) in [4.78, 5) is 13.2. The minimum Gasteiger partial charge on any atom is -0.497 e. The Bertz CT molecular complexity index is 691. The van der Waals surface area contributed by atoms with Gasteiger partial charge >= 0.3 is 0 Å². The molecule has 3 rings (SSSR count). The van der Waals surface area contributed by atoms with E-state index in [0.29, 0.717) is 26.1 Å². The fourth-order valence-electron chi connectivity index (χ4n) is 3.43. The average molecular weight is 339 g/mol. The topological polar surface area (TPSA) is 47.6 Å². The van der Waals surface area contributed by atoms with E-state index in [-0.39, 0.29) is 11.9 Å². The van der Waals surface area contributed by atoms with Crippen molar-refractivity contribution in [3.63, 3.8) is 0 Å². The molecule has 1 heterocycles. The monoisotopic (exact) mass is 339 g/mol. The quantitative estimate of drug-likeness (QED) is 0.905. The zero-order valence-corrected chi connectivity index (χ0v) is 14.8. The SMILES string of the molecule is COc1ccc([C@H](C)NC(=O)C2(c3ccccc3)CCOCC2)cc1. The van der Waals surface area contributed by atoms with E-state index in [1.807, 2.05) is 61.5 Å². The largest absolute Gasteiger partial charge is 0.497 e. The Hall–Kier alpha value is -2.33. The number of rotatable bonds is 5. The zero-order chi connectivity index (χ0) is 17.7. The first kappa shape index (κ1) is 17.5. The lowest BCUT2D eigenvalue weighted by molar-refractivity contribution is -0.131. The normalized spacial score (nSPS) is 17.5. The molecule has 1 atom stereocenters. The average Bonchev–Trinajstić information content (AvgIpc) is 2.69. The van der Waals surface area contributed by atoms with Crippen molar-refractivity contribution in [3.05, 3.63) is 65.7 Å². The summed E-state index contributed by atoms with van der Waals surface area (Å²) < 4.78 is 10.7. The Labute approximate surface area is 149 Å². The molecule has 2 aromatic carbocycles. The second-order valence-electron chi connectivity index (χ2n) is 6.53. The number of methoxy groups -OCH3 is 1. The molecule has 4 nitrogen and oxygen atoms in total. The second kappa shape index (κ2) is 7.70. The van der Waals surface area contributed by atoms with Gasteiger partial charge < -0.3 is 14.8 Å². The van der Waals surface area contributed by atoms with E-state index in [4.69, 9.17) is 9.47 Å². The highest BCUT2D eigenvalue weighted by Crippen LogP contribution is 2.35. The lowest BCUT2D eigenvalue weighted by atomic mass is 9.73. The van der Waals surface area contributed by atoms with Crippen LogP contribution in [0, 0.1) is 0 Å². The molecule has 1 aliphatic heterocycles. The van der Waals surface area contributed by atoms with Gasteiger partial charge in [0.15, 0.2) is 0 Å². The number of carbonyl (C=O) groups is 1. The highest BCUT2D eigenvalue weighted by molar-refractivity contribution is 5.88. The summed E-state index contributed by atoms with van der Waals surface area (Å²) in [5.74, 6) is 0.887. The minimum atomic E-state index is -0.514. The molecule has 132 valence electrons. The maximum atomic E-state index is 13.2. The van der Waals surface area contributed by atoms with Crippen LogP contribution in [0.15, 0.2) is 54.6 Å². The maximum absolute atomic E-state index is 13.2. The Morgan fingerprint density at radius 1 is 1.08 bits per heavy atom. The van der Waals surface area contributed by atoms with Gasteiger partial charge in [-0.05, 0) is 43.0 Å². The van der Waals surface area contributed by atoms with Gasteiger partial charge in [-0.15, -0.1) is 0 Å². The molecule has 1 N–H and O–H groups in total. The molecular formula is C21H25NO3. The van der Waals surface area contributed by atoms with Crippen LogP contribution in [0.3, 0.4) is 0 Å². The lowest BCUT2D eigenvalue weighted by Crippen LogP contribution is -2.48. The van der Waals surface area contributed by atoms with Gasteiger partial charge in [0.1, 0.15) is 5.75 Å². The predicted molar refractivity (Wildman–Crippen MR) is 97.7 cm³/mol. The van der Waals surface area contributed by atoms with Gasteiger partial charge in [0.25, 0.3) is 0 Å². The van der Waals surface area contributed by atoms with E-state index in [0.717, 1.165) is 16.9 Å². The summed E-state index contributed by atoms with van der Waals surface area (Å²) in [6.45, 7) is 3.23. The van der Waals surface area contributed by atoms with Gasteiger partial charge in [0.05, 0.1) is 18.6 Å². The molecule has 1 saturated heterocycles. The van der Waals surface area contributed by atoms with E-state index in [1.54, 1.807) is 7.11 Å². The van der Waals surface area contributed by atoms with Crippen LogP contribution in [-0.4, -0.2) is 26.2 Å². The molecule has 1 amide bonds. The third-order valence-corrected chi connectivity index (χ3v) is 5.07. The van der Waals surface area contributed by atoms with Crippen molar-refractivity contribution in [2.45, 2.75) is 31.2 Å².